The first-order chi connectivity index (χ1) is 8.29. The Morgan fingerprint density at radius 3 is 3.06 bits per heavy atom. The Labute approximate surface area is 102 Å². The Hall–Kier alpha value is -1.32. The van der Waals surface area contributed by atoms with Crippen molar-refractivity contribution in [2.75, 3.05) is 13.7 Å². The van der Waals surface area contributed by atoms with Crippen LogP contribution in [0.1, 0.15) is 18.9 Å². The standard InChI is InChI=1S/C14H20N2O/c1-11(6-8-17-2)16-10-12-3-4-13-5-7-15-14(13)9-12/h3-5,7,9,11,15-16H,6,8,10H2,1-2H3. The molecular formula is C14H20N2O. The number of fused-ring (bicyclic) bond motifs is 1. The van der Waals surface area contributed by atoms with Gasteiger partial charge in [0, 0.05) is 38.0 Å². The highest BCUT2D eigenvalue weighted by atomic mass is 16.5. The predicted molar refractivity (Wildman–Crippen MR) is 71.1 cm³/mol. The molecule has 17 heavy (non-hydrogen) atoms. The van der Waals surface area contributed by atoms with Crippen molar-refractivity contribution in [1.82, 2.24) is 10.3 Å². The maximum Gasteiger partial charge on any atom is 0.0476 e. The Morgan fingerprint density at radius 1 is 1.35 bits per heavy atom. The molecule has 2 rings (SSSR count). The fourth-order valence-corrected chi connectivity index (χ4v) is 1.89. The maximum atomic E-state index is 5.07. The average molecular weight is 232 g/mol. The van der Waals surface area contributed by atoms with Crippen LogP contribution in [-0.4, -0.2) is 24.7 Å². The van der Waals surface area contributed by atoms with E-state index >= 15 is 0 Å². The number of nitrogens with one attached hydrogen (secondary N) is 2. The normalized spacial score (nSPS) is 13.1. The van der Waals surface area contributed by atoms with E-state index in [9.17, 15) is 0 Å². The zero-order valence-corrected chi connectivity index (χ0v) is 10.5. The lowest BCUT2D eigenvalue weighted by atomic mass is 10.1. The zero-order chi connectivity index (χ0) is 12.1. The van der Waals surface area contributed by atoms with Gasteiger partial charge in [-0.2, -0.15) is 0 Å². The molecule has 1 unspecified atom stereocenters. The second kappa shape index (κ2) is 5.84. The predicted octanol–water partition coefficient (Wildman–Crippen LogP) is 2.68. The van der Waals surface area contributed by atoms with Crippen LogP contribution in [0, 0.1) is 0 Å². The van der Waals surface area contributed by atoms with Gasteiger partial charge in [-0.25, -0.2) is 0 Å². The molecule has 1 aromatic carbocycles. The van der Waals surface area contributed by atoms with Gasteiger partial charge in [-0.15, -0.1) is 0 Å². The summed E-state index contributed by atoms with van der Waals surface area (Å²) in [6.45, 7) is 3.90. The largest absolute Gasteiger partial charge is 0.385 e. The number of methoxy groups -OCH3 is 1. The van der Waals surface area contributed by atoms with Gasteiger partial charge in [0.25, 0.3) is 0 Å². The smallest absolute Gasteiger partial charge is 0.0476 e. The molecule has 0 aliphatic heterocycles. The number of H-pyrrole nitrogens is 1. The molecule has 0 amide bonds. The first-order valence-electron chi connectivity index (χ1n) is 6.08. The van der Waals surface area contributed by atoms with Crippen LogP contribution >= 0.6 is 0 Å². The van der Waals surface area contributed by atoms with Crippen LogP contribution in [0.25, 0.3) is 10.9 Å². The minimum Gasteiger partial charge on any atom is -0.385 e. The van der Waals surface area contributed by atoms with E-state index in [4.69, 9.17) is 4.74 Å². The molecule has 1 aromatic heterocycles. The molecule has 1 heterocycles. The van der Waals surface area contributed by atoms with Crippen molar-refractivity contribution in [3.8, 4) is 0 Å². The number of hydrogen-bond donors (Lipinski definition) is 2. The highest BCUT2D eigenvalue weighted by Crippen LogP contribution is 2.14. The van der Waals surface area contributed by atoms with Gasteiger partial charge in [0.15, 0.2) is 0 Å². The molecule has 0 radical (unpaired) electrons. The van der Waals surface area contributed by atoms with Crippen LogP contribution in [0.3, 0.4) is 0 Å². The molecule has 3 heteroatoms. The van der Waals surface area contributed by atoms with Gasteiger partial charge in [0.05, 0.1) is 0 Å². The van der Waals surface area contributed by atoms with Crippen molar-refractivity contribution in [3.05, 3.63) is 36.0 Å². The van der Waals surface area contributed by atoms with Gasteiger partial charge < -0.3 is 15.0 Å². The van der Waals surface area contributed by atoms with Crippen LogP contribution < -0.4 is 5.32 Å². The Morgan fingerprint density at radius 2 is 2.24 bits per heavy atom. The van der Waals surface area contributed by atoms with E-state index in [-0.39, 0.29) is 0 Å². The van der Waals surface area contributed by atoms with Gasteiger partial charge >= 0.3 is 0 Å². The molecule has 2 N–H and O–H groups in total. The van der Waals surface area contributed by atoms with Gasteiger partial charge in [-0.1, -0.05) is 12.1 Å². The summed E-state index contributed by atoms with van der Waals surface area (Å²) in [7, 11) is 1.74. The third-order valence-corrected chi connectivity index (χ3v) is 3.03. The van der Waals surface area contributed by atoms with Crippen molar-refractivity contribution in [1.29, 1.82) is 0 Å². The highest BCUT2D eigenvalue weighted by Gasteiger charge is 2.02. The van der Waals surface area contributed by atoms with E-state index in [0.717, 1.165) is 19.6 Å². The van der Waals surface area contributed by atoms with Gasteiger partial charge in [-0.05, 0) is 36.4 Å². The average Bonchev–Trinajstić information content (AvgIpc) is 2.81. The van der Waals surface area contributed by atoms with Crippen LogP contribution in [0.15, 0.2) is 30.5 Å². The monoisotopic (exact) mass is 232 g/mol. The maximum absolute atomic E-state index is 5.07. The molecule has 0 saturated carbocycles. The molecule has 2 aromatic rings. The summed E-state index contributed by atoms with van der Waals surface area (Å²) < 4.78 is 5.07. The Kier molecular flexibility index (Phi) is 4.18. The minimum atomic E-state index is 0.481. The molecule has 92 valence electrons. The molecule has 0 spiro atoms. The summed E-state index contributed by atoms with van der Waals surface area (Å²) >= 11 is 0. The third-order valence-electron chi connectivity index (χ3n) is 3.03. The van der Waals surface area contributed by atoms with Crippen molar-refractivity contribution >= 4 is 10.9 Å². The minimum absolute atomic E-state index is 0.481. The van der Waals surface area contributed by atoms with E-state index in [2.05, 4.69) is 41.5 Å². The molecule has 3 nitrogen and oxygen atoms in total. The summed E-state index contributed by atoms with van der Waals surface area (Å²) in [5.41, 5.74) is 2.51. The Balaban J connectivity index is 1.89. The van der Waals surface area contributed by atoms with E-state index in [1.54, 1.807) is 7.11 Å². The summed E-state index contributed by atoms with van der Waals surface area (Å²) in [4.78, 5) is 3.23. The first-order valence-corrected chi connectivity index (χ1v) is 6.08. The van der Waals surface area contributed by atoms with Crippen LogP contribution in [-0.2, 0) is 11.3 Å². The van der Waals surface area contributed by atoms with E-state index in [0.29, 0.717) is 6.04 Å². The van der Waals surface area contributed by atoms with Crippen LogP contribution in [0.5, 0.6) is 0 Å². The van der Waals surface area contributed by atoms with Crippen molar-refractivity contribution in [3.63, 3.8) is 0 Å². The van der Waals surface area contributed by atoms with Crippen molar-refractivity contribution < 1.29 is 4.74 Å². The number of aromatic amines is 1. The lowest BCUT2D eigenvalue weighted by Gasteiger charge is -2.13. The molecule has 0 aliphatic carbocycles. The third kappa shape index (κ3) is 3.32. The van der Waals surface area contributed by atoms with Crippen molar-refractivity contribution in [2.45, 2.75) is 25.9 Å². The van der Waals surface area contributed by atoms with Crippen molar-refractivity contribution in [2.24, 2.45) is 0 Å². The second-order valence-corrected chi connectivity index (χ2v) is 4.46. The molecule has 1 atom stereocenters. The van der Waals surface area contributed by atoms with E-state index < -0.39 is 0 Å². The summed E-state index contributed by atoms with van der Waals surface area (Å²) in [6.07, 6.45) is 3.02. The summed E-state index contributed by atoms with van der Waals surface area (Å²) in [5, 5.41) is 4.76. The van der Waals surface area contributed by atoms with Crippen LogP contribution in [0.4, 0.5) is 0 Å². The first kappa shape index (κ1) is 12.1. The second-order valence-electron chi connectivity index (χ2n) is 4.46. The fourth-order valence-electron chi connectivity index (χ4n) is 1.89. The van der Waals surface area contributed by atoms with Gasteiger partial charge in [0.1, 0.15) is 0 Å². The topological polar surface area (TPSA) is 37.0 Å². The SMILES string of the molecule is COCCC(C)NCc1ccc2cc[nH]c2c1. The van der Waals surface area contributed by atoms with Crippen LogP contribution in [0.2, 0.25) is 0 Å². The Bertz CT molecular complexity index is 464. The van der Waals surface area contributed by atoms with E-state index in [1.165, 1.54) is 16.5 Å². The molecule has 0 aliphatic rings. The number of ether oxygens (including phenoxy) is 1. The molecule has 0 bridgehead atoms. The molecular weight excluding hydrogens is 212 g/mol. The zero-order valence-electron chi connectivity index (χ0n) is 10.5. The number of hydrogen-bond acceptors (Lipinski definition) is 2. The number of benzene rings is 1. The molecule has 0 saturated heterocycles. The summed E-state index contributed by atoms with van der Waals surface area (Å²) in [6, 6.07) is 9.10. The number of rotatable bonds is 6. The van der Waals surface area contributed by atoms with Gasteiger partial charge in [0.2, 0.25) is 0 Å². The van der Waals surface area contributed by atoms with E-state index in [1.807, 2.05) is 6.20 Å². The lowest BCUT2D eigenvalue weighted by Crippen LogP contribution is -2.26. The summed E-state index contributed by atoms with van der Waals surface area (Å²) in [5.74, 6) is 0. The lowest BCUT2D eigenvalue weighted by molar-refractivity contribution is 0.184. The quantitative estimate of drug-likeness (QED) is 0.803. The van der Waals surface area contributed by atoms with Gasteiger partial charge in [-0.3, -0.25) is 0 Å². The fraction of sp³-hybridized carbons (Fsp3) is 0.429. The highest BCUT2D eigenvalue weighted by molar-refractivity contribution is 5.79. The number of aromatic nitrogens is 1. The molecule has 0 fully saturated rings.